The van der Waals surface area contributed by atoms with Gasteiger partial charge in [0.25, 0.3) is 0 Å². The smallest absolute Gasteiger partial charge is 0.0994 e. The number of aromatic nitrogens is 1. The Bertz CT molecular complexity index is 529. The second-order valence-electron chi connectivity index (χ2n) is 3.37. The fourth-order valence-corrected chi connectivity index (χ4v) is 2.27. The zero-order valence-electron chi connectivity index (χ0n) is 8.84. The van der Waals surface area contributed by atoms with Gasteiger partial charge in [0, 0.05) is 22.2 Å². The van der Waals surface area contributed by atoms with E-state index in [2.05, 4.69) is 11.1 Å². The molecule has 0 fully saturated rings. The molecule has 1 aromatic heterocycles. The molecule has 0 saturated heterocycles. The van der Waals surface area contributed by atoms with E-state index in [1.165, 1.54) is 0 Å². The van der Waals surface area contributed by atoms with Gasteiger partial charge in [-0.3, -0.25) is 4.98 Å². The van der Waals surface area contributed by atoms with Crippen LogP contribution in [0.1, 0.15) is 11.1 Å². The van der Waals surface area contributed by atoms with Gasteiger partial charge in [0.1, 0.15) is 0 Å². The number of nitriles is 1. The molecule has 0 radical (unpaired) electrons. The zero-order chi connectivity index (χ0) is 11.4. The van der Waals surface area contributed by atoms with Crippen molar-refractivity contribution in [3.8, 4) is 6.07 Å². The predicted molar refractivity (Wildman–Crippen MR) is 64.3 cm³/mol. The van der Waals surface area contributed by atoms with Crippen molar-refractivity contribution in [1.29, 1.82) is 5.26 Å². The number of hydrogen-bond donors (Lipinski definition) is 0. The molecular formula is C13H10N2S. The van der Waals surface area contributed by atoms with Gasteiger partial charge in [-0.05, 0) is 42.8 Å². The van der Waals surface area contributed by atoms with Crippen molar-refractivity contribution in [3.05, 3.63) is 53.9 Å². The Morgan fingerprint density at radius 3 is 2.50 bits per heavy atom. The summed E-state index contributed by atoms with van der Waals surface area (Å²) in [6, 6.07) is 12.0. The molecule has 0 bridgehead atoms. The summed E-state index contributed by atoms with van der Waals surface area (Å²) in [7, 11) is 0. The molecule has 1 aromatic carbocycles. The van der Waals surface area contributed by atoms with E-state index in [4.69, 9.17) is 5.26 Å². The van der Waals surface area contributed by atoms with Crippen LogP contribution in [-0.2, 0) is 0 Å². The van der Waals surface area contributed by atoms with Crippen LogP contribution in [0.3, 0.4) is 0 Å². The van der Waals surface area contributed by atoms with Crippen LogP contribution >= 0.6 is 11.8 Å². The molecule has 0 aliphatic carbocycles. The lowest BCUT2D eigenvalue weighted by Gasteiger charge is -2.03. The van der Waals surface area contributed by atoms with Gasteiger partial charge in [0.05, 0.1) is 11.6 Å². The maximum Gasteiger partial charge on any atom is 0.0994 e. The summed E-state index contributed by atoms with van der Waals surface area (Å²) >= 11 is 1.67. The van der Waals surface area contributed by atoms with Gasteiger partial charge in [0.15, 0.2) is 0 Å². The average molecular weight is 226 g/mol. The summed E-state index contributed by atoms with van der Waals surface area (Å²) in [6.07, 6.45) is 3.55. The van der Waals surface area contributed by atoms with Gasteiger partial charge in [-0.15, -0.1) is 0 Å². The second-order valence-corrected chi connectivity index (χ2v) is 4.52. The summed E-state index contributed by atoms with van der Waals surface area (Å²) < 4.78 is 0. The molecule has 0 N–H and O–H groups in total. The fraction of sp³-hybridized carbons (Fsp3) is 0.0769. The van der Waals surface area contributed by atoms with Crippen LogP contribution in [0.2, 0.25) is 0 Å². The Morgan fingerprint density at radius 2 is 1.88 bits per heavy atom. The monoisotopic (exact) mass is 226 g/mol. The van der Waals surface area contributed by atoms with Crippen LogP contribution in [0.15, 0.2) is 52.5 Å². The van der Waals surface area contributed by atoms with E-state index in [0.717, 1.165) is 20.9 Å². The molecule has 1 heterocycles. The van der Waals surface area contributed by atoms with Crippen LogP contribution in [0.5, 0.6) is 0 Å². The molecule has 0 aliphatic rings. The third-order valence-corrected chi connectivity index (χ3v) is 3.20. The largest absolute Gasteiger partial charge is 0.265 e. The fourth-order valence-electron chi connectivity index (χ4n) is 1.37. The number of hydrogen-bond acceptors (Lipinski definition) is 3. The molecule has 0 atom stereocenters. The Balaban J connectivity index is 2.24. The highest BCUT2D eigenvalue weighted by Crippen LogP contribution is 2.28. The predicted octanol–water partition coefficient (Wildman–Crippen LogP) is 3.41. The first-order valence-electron chi connectivity index (χ1n) is 4.88. The van der Waals surface area contributed by atoms with Crippen LogP contribution in [0.25, 0.3) is 0 Å². The summed E-state index contributed by atoms with van der Waals surface area (Å²) in [4.78, 5) is 6.27. The molecule has 2 nitrogen and oxygen atoms in total. The summed E-state index contributed by atoms with van der Waals surface area (Å²) in [5.41, 5.74) is 1.75. The van der Waals surface area contributed by atoms with E-state index in [1.54, 1.807) is 24.2 Å². The highest BCUT2D eigenvalue weighted by atomic mass is 32.2. The van der Waals surface area contributed by atoms with Gasteiger partial charge in [-0.2, -0.15) is 5.26 Å². The summed E-state index contributed by atoms with van der Waals surface area (Å²) in [5, 5.41) is 8.83. The van der Waals surface area contributed by atoms with Gasteiger partial charge in [-0.25, -0.2) is 0 Å². The van der Waals surface area contributed by atoms with E-state index in [9.17, 15) is 0 Å². The molecule has 2 aromatic rings. The van der Waals surface area contributed by atoms with Crippen molar-refractivity contribution in [2.45, 2.75) is 16.7 Å². The number of pyridine rings is 1. The third kappa shape index (κ3) is 2.41. The Kier molecular flexibility index (Phi) is 3.23. The van der Waals surface area contributed by atoms with Gasteiger partial charge < -0.3 is 0 Å². The molecular weight excluding hydrogens is 216 g/mol. The maximum absolute atomic E-state index is 8.83. The molecule has 2 rings (SSSR count). The molecule has 3 heteroatoms. The first kappa shape index (κ1) is 10.7. The van der Waals surface area contributed by atoms with Crippen LogP contribution in [0, 0.1) is 18.3 Å². The van der Waals surface area contributed by atoms with Crippen LogP contribution in [-0.4, -0.2) is 4.98 Å². The average Bonchev–Trinajstić information content (AvgIpc) is 2.31. The van der Waals surface area contributed by atoms with Crippen molar-refractivity contribution < 1.29 is 0 Å². The topological polar surface area (TPSA) is 36.7 Å². The zero-order valence-corrected chi connectivity index (χ0v) is 9.66. The van der Waals surface area contributed by atoms with E-state index < -0.39 is 0 Å². The Morgan fingerprint density at radius 1 is 1.12 bits per heavy atom. The normalized spacial score (nSPS) is 9.75. The Labute approximate surface area is 99.0 Å². The maximum atomic E-state index is 8.83. The first-order chi connectivity index (χ1) is 7.79. The standard InChI is InChI=1S/C13H10N2S/c1-10-8-13(3-2-11(10)9-14)16-12-4-6-15-7-5-12/h2-8H,1H3. The minimum Gasteiger partial charge on any atom is -0.265 e. The SMILES string of the molecule is Cc1cc(Sc2ccncc2)ccc1C#N. The number of aryl methyl sites for hydroxylation is 1. The molecule has 0 spiro atoms. The van der Waals surface area contributed by atoms with E-state index in [-0.39, 0.29) is 0 Å². The Hall–Kier alpha value is -1.79. The molecule has 0 saturated carbocycles. The van der Waals surface area contributed by atoms with Gasteiger partial charge in [0.2, 0.25) is 0 Å². The highest BCUT2D eigenvalue weighted by molar-refractivity contribution is 7.99. The molecule has 0 unspecified atom stereocenters. The first-order valence-corrected chi connectivity index (χ1v) is 5.70. The lowest BCUT2D eigenvalue weighted by Crippen LogP contribution is -1.82. The van der Waals surface area contributed by atoms with Crippen LogP contribution < -0.4 is 0 Å². The summed E-state index contributed by atoms with van der Waals surface area (Å²) in [6.45, 7) is 1.95. The van der Waals surface area contributed by atoms with Crippen LogP contribution in [0.4, 0.5) is 0 Å². The molecule has 78 valence electrons. The van der Waals surface area contributed by atoms with E-state index in [1.807, 2.05) is 37.3 Å². The lowest BCUT2D eigenvalue weighted by molar-refractivity contribution is 1.25. The minimum absolute atomic E-state index is 0.735. The van der Waals surface area contributed by atoms with Gasteiger partial charge >= 0.3 is 0 Å². The third-order valence-electron chi connectivity index (χ3n) is 2.20. The lowest BCUT2D eigenvalue weighted by atomic mass is 10.1. The number of benzene rings is 1. The summed E-state index contributed by atoms with van der Waals surface area (Å²) in [5.74, 6) is 0. The number of rotatable bonds is 2. The molecule has 0 aliphatic heterocycles. The molecule has 16 heavy (non-hydrogen) atoms. The van der Waals surface area contributed by atoms with Crippen molar-refractivity contribution in [2.24, 2.45) is 0 Å². The minimum atomic E-state index is 0.735. The van der Waals surface area contributed by atoms with Crippen molar-refractivity contribution in [3.63, 3.8) is 0 Å². The van der Waals surface area contributed by atoms with Crippen molar-refractivity contribution in [2.75, 3.05) is 0 Å². The highest BCUT2D eigenvalue weighted by Gasteiger charge is 2.00. The molecule has 0 amide bonds. The van der Waals surface area contributed by atoms with E-state index >= 15 is 0 Å². The van der Waals surface area contributed by atoms with Crippen molar-refractivity contribution >= 4 is 11.8 Å². The van der Waals surface area contributed by atoms with E-state index in [0.29, 0.717) is 0 Å². The quantitative estimate of drug-likeness (QED) is 0.787. The van der Waals surface area contributed by atoms with Crippen molar-refractivity contribution in [1.82, 2.24) is 4.98 Å². The van der Waals surface area contributed by atoms with Gasteiger partial charge in [-0.1, -0.05) is 11.8 Å². The second kappa shape index (κ2) is 4.82. The number of nitrogens with zero attached hydrogens (tertiary/aromatic N) is 2.